The molecular formula is C21H23NO5S. The minimum absolute atomic E-state index is 0.170. The Bertz CT molecular complexity index is 833. The van der Waals surface area contributed by atoms with Gasteiger partial charge in [0, 0.05) is 23.1 Å². The van der Waals surface area contributed by atoms with Crippen LogP contribution in [0.15, 0.2) is 41.3 Å². The Morgan fingerprint density at radius 2 is 1.89 bits per heavy atom. The first-order valence-electron chi connectivity index (χ1n) is 9.36. The van der Waals surface area contributed by atoms with Crippen molar-refractivity contribution in [3.8, 4) is 17.2 Å². The number of carbonyl (C=O) groups excluding carboxylic acids is 1. The molecule has 1 atom stereocenters. The van der Waals surface area contributed by atoms with E-state index in [1.54, 1.807) is 23.9 Å². The summed E-state index contributed by atoms with van der Waals surface area (Å²) in [5.74, 6) is 1.91. The van der Waals surface area contributed by atoms with Gasteiger partial charge in [0.05, 0.1) is 11.8 Å². The summed E-state index contributed by atoms with van der Waals surface area (Å²) in [6.07, 6.45) is 4.25. The van der Waals surface area contributed by atoms with E-state index in [0.717, 1.165) is 30.1 Å². The van der Waals surface area contributed by atoms with Crippen LogP contribution in [0.3, 0.4) is 0 Å². The van der Waals surface area contributed by atoms with Crippen molar-refractivity contribution in [2.75, 3.05) is 38.0 Å². The molecular weight excluding hydrogens is 378 g/mol. The summed E-state index contributed by atoms with van der Waals surface area (Å²) in [5.41, 5.74) is 1.27. The highest BCUT2D eigenvalue weighted by Gasteiger charge is 2.18. The van der Waals surface area contributed by atoms with Crippen LogP contribution in [0.2, 0.25) is 0 Å². The van der Waals surface area contributed by atoms with Crippen molar-refractivity contribution >= 4 is 23.4 Å². The maximum Gasteiger partial charge on any atom is 0.255 e. The zero-order chi connectivity index (χ0) is 19.3. The van der Waals surface area contributed by atoms with E-state index in [1.165, 1.54) is 0 Å². The van der Waals surface area contributed by atoms with Gasteiger partial charge in [0.25, 0.3) is 5.91 Å². The number of carbonyl (C=O) groups is 1. The van der Waals surface area contributed by atoms with Crippen LogP contribution >= 0.6 is 11.8 Å². The number of hydrogen-bond donors (Lipinski definition) is 1. The first kappa shape index (κ1) is 19.0. The predicted octanol–water partition coefficient (Wildman–Crippen LogP) is 3.99. The molecule has 6 nitrogen and oxygen atoms in total. The van der Waals surface area contributed by atoms with Crippen LogP contribution in [-0.4, -0.2) is 44.7 Å². The van der Waals surface area contributed by atoms with Crippen LogP contribution < -0.4 is 19.5 Å². The van der Waals surface area contributed by atoms with E-state index >= 15 is 0 Å². The minimum atomic E-state index is -0.183. The quantitative estimate of drug-likeness (QED) is 0.739. The minimum Gasteiger partial charge on any atom is -0.491 e. The van der Waals surface area contributed by atoms with Crippen molar-refractivity contribution in [2.24, 2.45) is 0 Å². The van der Waals surface area contributed by atoms with Crippen molar-refractivity contribution < 1.29 is 23.7 Å². The smallest absolute Gasteiger partial charge is 0.255 e. The highest BCUT2D eigenvalue weighted by atomic mass is 32.2. The number of ether oxygens (including phenoxy) is 4. The average Bonchev–Trinajstić information content (AvgIpc) is 3.26. The molecule has 0 aromatic heterocycles. The van der Waals surface area contributed by atoms with E-state index in [-0.39, 0.29) is 12.0 Å². The van der Waals surface area contributed by atoms with Gasteiger partial charge < -0.3 is 24.3 Å². The van der Waals surface area contributed by atoms with Gasteiger partial charge in [0.2, 0.25) is 0 Å². The Kier molecular flexibility index (Phi) is 5.92. The second-order valence-electron chi connectivity index (χ2n) is 6.62. The number of anilines is 1. The molecule has 1 fully saturated rings. The topological polar surface area (TPSA) is 66.0 Å². The van der Waals surface area contributed by atoms with Gasteiger partial charge in [-0.25, -0.2) is 0 Å². The average molecular weight is 401 g/mol. The summed E-state index contributed by atoms with van der Waals surface area (Å²) >= 11 is 1.54. The van der Waals surface area contributed by atoms with Crippen LogP contribution in [0, 0.1) is 0 Å². The Labute approximate surface area is 168 Å². The first-order chi connectivity index (χ1) is 13.7. The molecule has 0 aliphatic carbocycles. The van der Waals surface area contributed by atoms with Crippen LogP contribution in [0.1, 0.15) is 23.2 Å². The van der Waals surface area contributed by atoms with Crippen molar-refractivity contribution in [3.05, 3.63) is 42.0 Å². The molecule has 2 aromatic rings. The van der Waals surface area contributed by atoms with E-state index in [9.17, 15) is 4.79 Å². The lowest BCUT2D eigenvalue weighted by Crippen LogP contribution is -2.17. The van der Waals surface area contributed by atoms with E-state index < -0.39 is 0 Å². The second kappa shape index (κ2) is 8.75. The summed E-state index contributed by atoms with van der Waals surface area (Å²) in [7, 11) is 0. The van der Waals surface area contributed by atoms with E-state index in [1.807, 2.05) is 30.5 Å². The van der Waals surface area contributed by atoms with E-state index in [2.05, 4.69) is 5.32 Å². The third-order valence-corrected chi connectivity index (χ3v) is 5.47. The largest absolute Gasteiger partial charge is 0.491 e. The van der Waals surface area contributed by atoms with Gasteiger partial charge >= 0.3 is 0 Å². The van der Waals surface area contributed by atoms with Gasteiger partial charge in [0.15, 0.2) is 11.5 Å². The molecule has 7 heteroatoms. The molecule has 0 bridgehead atoms. The lowest BCUT2D eigenvalue weighted by molar-refractivity contribution is 0.0679. The molecule has 1 N–H and O–H groups in total. The third-order valence-electron chi connectivity index (χ3n) is 4.69. The van der Waals surface area contributed by atoms with Crippen LogP contribution in [0.4, 0.5) is 5.69 Å². The third kappa shape index (κ3) is 4.36. The van der Waals surface area contributed by atoms with Crippen LogP contribution in [0.5, 0.6) is 17.2 Å². The number of hydrogen-bond acceptors (Lipinski definition) is 6. The Balaban J connectivity index is 1.41. The highest BCUT2D eigenvalue weighted by Crippen LogP contribution is 2.39. The van der Waals surface area contributed by atoms with E-state index in [4.69, 9.17) is 18.9 Å². The van der Waals surface area contributed by atoms with Crippen molar-refractivity contribution in [1.82, 2.24) is 0 Å². The molecule has 2 aromatic carbocycles. The molecule has 4 rings (SSSR count). The normalized spacial score (nSPS) is 18.0. The maximum atomic E-state index is 12.7. The molecule has 0 spiro atoms. The maximum absolute atomic E-state index is 12.7. The summed E-state index contributed by atoms with van der Waals surface area (Å²) in [4.78, 5) is 13.6. The van der Waals surface area contributed by atoms with Gasteiger partial charge in [-0.15, -0.1) is 11.8 Å². The van der Waals surface area contributed by atoms with Gasteiger partial charge in [-0.3, -0.25) is 4.79 Å². The summed E-state index contributed by atoms with van der Waals surface area (Å²) < 4.78 is 22.5. The van der Waals surface area contributed by atoms with Crippen LogP contribution in [-0.2, 0) is 4.74 Å². The standard InChI is InChI=1S/C21H23NO5S/c1-28-20-12-19-18(25-9-10-26-19)11-17(20)22-21(23)14-4-6-15(7-5-14)27-13-16-3-2-8-24-16/h4-7,11-12,16H,2-3,8-10,13H2,1H3,(H,22,23). The Morgan fingerprint density at radius 3 is 2.57 bits per heavy atom. The Morgan fingerprint density at radius 1 is 1.14 bits per heavy atom. The van der Waals surface area contributed by atoms with Crippen molar-refractivity contribution in [3.63, 3.8) is 0 Å². The summed E-state index contributed by atoms with van der Waals surface area (Å²) in [6, 6.07) is 10.9. The number of rotatable bonds is 6. The zero-order valence-corrected chi connectivity index (χ0v) is 16.6. The summed E-state index contributed by atoms with van der Waals surface area (Å²) in [6.45, 7) is 2.39. The zero-order valence-electron chi connectivity index (χ0n) is 15.7. The first-order valence-corrected chi connectivity index (χ1v) is 10.6. The molecule has 2 heterocycles. The molecule has 2 aliphatic rings. The van der Waals surface area contributed by atoms with Gasteiger partial charge in [-0.05, 0) is 49.4 Å². The fourth-order valence-electron chi connectivity index (χ4n) is 3.20. The SMILES string of the molecule is CSc1cc2c(cc1NC(=O)c1ccc(OCC3CCCO3)cc1)OCCO2. The van der Waals surface area contributed by atoms with Crippen molar-refractivity contribution in [2.45, 2.75) is 23.8 Å². The van der Waals surface area contributed by atoms with Gasteiger partial charge in [0.1, 0.15) is 25.6 Å². The molecule has 0 saturated carbocycles. The molecule has 1 saturated heterocycles. The fraction of sp³-hybridized carbons (Fsp3) is 0.381. The highest BCUT2D eigenvalue weighted by molar-refractivity contribution is 7.98. The number of benzene rings is 2. The van der Waals surface area contributed by atoms with E-state index in [0.29, 0.717) is 42.6 Å². The van der Waals surface area contributed by atoms with Crippen LogP contribution in [0.25, 0.3) is 0 Å². The molecule has 1 unspecified atom stereocenters. The summed E-state index contributed by atoms with van der Waals surface area (Å²) in [5, 5.41) is 2.97. The molecule has 28 heavy (non-hydrogen) atoms. The molecule has 0 radical (unpaired) electrons. The monoisotopic (exact) mass is 401 g/mol. The predicted molar refractivity (Wildman–Crippen MR) is 108 cm³/mol. The van der Waals surface area contributed by atoms with Crippen molar-refractivity contribution in [1.29, 1.82) is 0 Å². The number of thioether (sulfide) groups is 1. The Hall–Kier alpha value is -2.38. The van der Waals surface area contributed by atoms with Gasteiger partial charge in [-0.2, -0.15) is 0 Å². The fourth-order valence-corrected chi connectivity index (χ4v) is 3.75. The number of nitrogens with one attached hydrogen (secondary N) is 1. The second-order valence-corrected chi connectivity index (χ2v) is 7.47. The lowest BCUT2D eigenvalue weighted by Gasteiger charge is -2.21. The lowest BCUT2D eigenvalue weighted by atomic mass is 10.2. The number of fused-ring (bicyclic) bond motifs is 1. The molecule has 148 valence electrons. The molecule has 1 amide bonds. The molecule has 2 aliphatic heterocycles. The number of amides is 1. The van der Waals surface area contributed by atoms with Gasteiger partial charge in [-0.1, -0.05) is 0 Å².